The van der Waals surface area contributed by atoms with Crippen molar-refractivity contribution in [2.75, 3.05) is 19.5 Å². The minimum atomic E-state index is -0.403. The van der Waals surface area contributed by atoms with Crippen molar-refractivity contribution < 1.29 is 18.8 Å². The second-order valence-electron chi connectivity index (χ2n) is 4.28. The predicted molar refractivity (Wildman–Crippen MR) is 82.9 cm³/mol. The van der Waals surface area contributed by atoms with Gasteiger partial charge >= 0.3 is 0 Å². The Balaban J connectivity index is 1.85. The molecule has 0 unspecified atom stereocenters. The molecule has 9 heteroatoms. The zero-order valence-electron chi connectivity index (χ0n) is 12.3. The third kappa shape index (κ3) is 2.99. The Kier molecular flexibility index (Phi) is 4.20. The SMILES string of the molecule is COc1cccc(OC)c1C(=O)Nc1nnc(-c2ccno2)s1. The van der Waals surface area contributed by atoms with E-state index in [1.165, 1.54) is 31.8 Å². The lowest BCUT2D eigenvalue weighted by molar-refractivity contribution is 0.102. The van der Waals surface area contributed by atoms with E-state index in [4.69, 9.17) is 14.0 Å². The van der Waals surface area contributed by atoms with Crippen LogP contribution in [0.5, 0.6) is 11.5 Å². The summed E-state index contributed by atoms with van der Waals surface area (Å²) in [7, 11) is 2.97. The van der Waals surface area contributed by atoms with Crippen LogP contribution >= 0.6 is 11.3 Å². The highest BCUT2D eigenvalue weighted by molar-refractivity contribution is 7.18. The van der Waals surface area contributed by atoms with Gasteiger partial charge in [-0.3, -0.25) is 10.1 Å². The summed E-state index contributed by atoms with van der Waals surface area (Å²) in [5, 5.41) is 15.0. The number of aromatic nitrogens is 3. The van der Waals surface area contributed by atoms with E-state index < -0.39 is 5.91 Å². The van der Waals surface area contributed by atoms with Crippen molar-refractivity contribution in [3.63, 3.8) is 0 Å². The van der Waals surface area contributed by atoms with Gasteiger partial charge in [0, 0.05) is 6.07 Å². The summed E-state index contributed by atoms with van der Waals surface area (Å²) in [5.74, 6) is 0.890. The minimum Gasteiger partial charge on any atom is -0.496 e. The zero-order valence-corrected chi connectivity index (χ0v) is 13.1. The first-order valence-electron chi connectivity index (χ1n) is 6.50. The van der Waals surface area contributed by atoms with E-state index >= 15 is 0 Å². The largest absolute Gasteiger partial charge is 0.496 e. The molecule has 1 N–H and O–H groups in total. The molecule has 0 spiro atoms. The number of hydrogen-bond acceptors (Lipinski definition) is 8. The fourth-order valence-corrected chi connectivity index (χ4v) is 2.63. The number of anilines is 1. The van der Waals surface area contributed by atoms with Crippen molar-refractivity contribution in [3.8, 4) is 22.3 Å². The lowest BCUT2D eigenvalue weighted by Gasteiger charge is -2.11. The highest BCUT2D eigenvalue weighted by Gasteiger charge is 2.20. The molecule has 2 aromatic heterocycles. The van der Waals surface area contributed by atoms with Crippen LogP contribution in [-0.4, -0.2) is 35.5 Å². The molecule has 0 radical (unpaired) electrons. The number of methoxy groups -OCH3 is 2. The Morgan fingerprint density at radius 2 is 1.91 bits per heavy atom. The van der Waals surface area contributed by atoms with Crippen LogP contribution in [0.2, 0.25) is 0 Å². The predicted octanol–water partition coefficient (Wildman–Crippen LogP) is 2.46. The van der Waals surface area contributed by atoms with Crippen molar-refractivity contribution in [1.82, 2.24) is 15.4 Å². The summed E-state index contributed by atoms with van der Waals surface area (Å²) in [6, 6.07) is 6.76. The number of carbonyl (C=O) groups excluding carboxylic acids is 1. The maximum Gasteiger partial charge on any atom is 0.265 e. The van der Waals surface area contributed by atoms with Gasteiger partial charge in [-0.1, -0.05) is 22.6 Å². The van der Waals surface area contributed by atoms with Gasteiger partial charge in [0.15, 0.2) is 10.8 Å². The summed E-state index contributed by atoms with van der Waals surface area (Å²) in [6.07, 6.45) is 1.51. The number of rotatable bonds is 5. The van der Waals surface area contributed by atoms with Crippen LogP contribution in [0, 0.1) is 0 Å². The standard InChI is InChI=1S/C14H12N4O4S/c1-20-8-4-3-5-9(21-2)11(8)12(19)16-14-18-17-13(23-14)10-6-7-15-22-10/h3-7H,1-2H3,(H,16,18,19). The van der Waals surface area contributed by atoms with Gasteiger partial charge < -0.3 is 14.0 Å². The van der Waals surface area contributed by atoms with E-state index in [9.17, 15) is 4.79 Å². The molecule has 0 aliphatic rings. The maximum absolute atomic E-state index is 12.5. The van der Waals surface area contributed by atoms with Gasteiger partial charge in [0.2, 0.25) is 5.13 Å². The van der Waals surface area contributed by atoms with Gasteiger partial charge in [-0.05, 0) is 12.1 Å². The smallest absolute Gasteiger partial charge is 0.265 e. The molecule has 0 aliphatic heterocycles. The van der Waals surface area contributed by atoms with Crippen molar-refractivity contribution >= 4 is 22.4 Å². The highest BCUT2D eigenvalue weighted by atomic mass is 32.1. The molecule has 0 bridgehead atoms. The van der Waals surface area contributed by atoms with Gasteiger partial charge in [0.1, 0.15) is 17.1 Å². The summed E-state index contributed by atoms with van der Waals surface area (Å²) in [4.78, 5) is 12.5. The summed E-state index contributed by atoms with van der Waals surface area (Å²) in [6.45, 7) is 0. The third-order valence-electron chi connectivity index (χ3n) is 2.95. The Bertz CT molecular complexity index is 794. The van der Waals surface area contributed by atoms with E-state index in [0.29, 0.717) is 27.4 Å². The second kappa shape index (κ2) is 6.44. The molecule has 8 nitrogen and oxygen atoms in total. The fraction of sp³-hybridized carbons (Fsp3) is 0.143. The van der Waals surface area contributed by atoms with Crippen LogP contribution in [0.4, 0.5) is 5.13 Å². The molecular formula is C14H12N4O4S. The first-order valence-corrected chi connectivity index (χ1v) is 7.31. The van der Waals surface area contributed by atoms with Crippen molar-refractivity contribution in [2.45, 2.75) is 0 Å². The molecule has 118 valence electrons. The van der Waals surface area contributed by atoms with Gasteiger partial charge in [-0.15, -0.1) is 10.2 Å². The quantitative estimate of drug-likeness (QED) is 0.766. The fourth-order valence-electron chi connectivity index (χ4n) is 1.93. The Morgan fingerprint density at radius 1 is 1.17 bits per heavy atom. The molecule has 0 atom stereocenters. The monoisotopic (exact) mass is 332 g/mol. The first-order chi connectivity index (χ1) is 11.2. The minimum absolute atomic E-state index is 0.286. The van der Waals surface area contributed by atoms with Crippen molar-refractivity contribution in [3.05, 3.63) is 36.0 Å². The van der Waals surface area contributed by atoms with Crippen LogP contribution < -0.4 is 14.8 Å². The number of amides is 1. The number of nitrogens with one attached hydrogen (secondary N) is 1. The lowest BCUT2D eigenvalue weighted by atomic mass is 10.1. The molecule has 0 aliphatic carbocycles. The van der Waals surface area contributed by atoms with Crippen molar-refractivity contribution in [1.29, 1.82) is 0 Å². The van der Waals surface area contributed by atoms with Crippen LogP contribution in [0.25, 0.3) is 10.8 Å². The Hall–Kier alpha value is -2.94. The average molecular weight is 332 g/mol. The summed E-state index contributed by atoms with van der Waals surface area (Å²) < 4.78 is 15.4. The molecule has 1 amide bonds. The average Bonchev–Trinajstić information content (AvgIpc) is 3.25. The van der Waals surface area contributed by atoms with Crippen LogP contribution in [0.15, 0.2) is 35.0 Å². The zero-order chi connectivity index (χ0) is 16.2. The normalized spacial score (nSPS) is 10.3. The molecule has 23 heavy (non-hydrogen) atoms. The highest BCUT2D eigenvalue weighted by Crippen LogP contribution is 2.30. The summed E-state index contributed by atoms with van der Waals surface area (Å²) >= 11 is 1.17. The van der Waals surface area contributed by atoms with E-state index in [0.717, 1.165) is 0 Å². The molecule has 0 fully saturated rings. The molecule has 2 heterocycles. The van der Waals surface area contributed by atoms with Crippen LogP contribution in [0.3, 0.4) is 0 Å². The molecular weight excluding hydrogens is 320 g/mol. The number of nitrogens with zero attached hydrogens (tertiary/aromatic N) is 3. The van der Waals surface area contributed by atoms with Gasteiger partial charge in [-0.25, -0.2) is 0 Å². The van der Waals surface area contributed by atoms with Gasteiger partial charge in [-0.2, -0.15) is 0 Å². The van der Waals surface area contributed by atoms with Gasteiger partial charge in [0.25, 0.3) is 5.91 Å². The second-order valence-corrected chi connectivity index (χ2v) is 5.26. The number of ether oxygens (including phenoxy) is 2. The number of benzene rings is 1. The molecule has 3 rings (SSSR count). The van der Waals surface area contributed by atoms with Crippen LogP contribution in [0.1, 0.15) is 10.4 Å². The van der Waals surface area contributed by atoms with E-state index in [1.807, 2.05) is 0 Å². The van der Waals surface area contributed by atoms with Gasteiger partial charge in [0.05, 0.1) is 20.4 Å². The summed E-state index contributed by atoms with van der Waals surface area (Å²) in [5.41, 5.74) is 0.286. The third-order valence-corrected chi connectivity index (χ3v) is 3.80. The van der Waals surface area contributed by atoms with E-state index in [-0.39, 0.29) is 5.56 Å². The molecule has 1 aromatic carbocycles. The van der Waals surface area contributed by atoms with E-state index in [1.54, 1.807) is 24.3 Å². The number of hydrogen-bond donors (Lipinski definition) is 1. The molecule has 0 saturated carbocycles. The van der Waals surface area contributed by atoms with E-state index in [2.05, 4.69) is 20.7 Å². The maximum atomic E-state index is 12.5. The Morgan fingerprint density at radius 3 is 2.52 bits per heavy atom. The Labute approximate surface area is 135 Å². The molecule has 3 aromatic rings. The number of carbonyl (C=O) groups is 1. The lowest BCUT2D eigenvalue weighted by Crippen LogP contribution is -2.14. The topological polar surface area (TPSA) is 99.4 Å². The van der Waals surface area contributed by atoms with Crippen molar-refractivity contribution in [2.24, 2.45) is 0 Å². The first kappa shape index (κ1) is 15.0. The molecule has 0 saturated heterocycles. The van der Waals surface area contributed by atoms with Crippen LogP contribution in [-0.2, 0) is 0 Å².